The number of alkyl carbamates (subject to hydrolysis) is 1. The molecule has 26 heavy (non-hydrogen) atoms. The molecule has 0 aromatic heterocycles. The van der Waals surface area contributed by atoms with Crippen LogP contribution >= 0.6 is 0 Å². The highest BCUT2D eigenvalue weighted by atomic mass is 32.2. The van der Waals surface area contributed by atoms with Crippen LogP contribution in [0, 0.1) is 0 Å². The van der Waals surface area contributed by atoms with Crippen molar-refractivity contribution in [3.63, 3.8) is 0 Å². The van der Waals surface area contributed by atoms with Crippen LogP contribution < -0.4 is 10.1 Å². The third-order valence-electron chi connectivity index (χ3n) is 3.90. The number of carbonyl (C=O) groups excluding carboxylic acids is 2. The van der Waals surface area contributed by atoms with E-state index >= 15 is 0 Å². The number of methoxy groups -OCH3 is 1. The molecule has 0 aliphatic carbocycles. The highest BCUT2D eigenvalue weighted by Crippen LogP contribution is 2.20. The van der Waals surface area contributed by atoms with Crippen LogP contribution in [-0.4, -0.2) is 76.1 Å². The van der Waals surface area contributed by atoms with E-state index in [1.54, 1.807) is 17.0 Å². The maximum atomic E-state index is 12.7. The van der Waals surface area contributed by atoms with Gasteiger partial charge in [0.15, 0.2) is 0 Å². The molecule has 1 N–H and O–H groups in total. The van der Waals surface area contributed by atoms with E-state index in [0.29, 0.717) is 25.4 Å². The Bertz CT molecular complexity index is 727. The molecule has 1 fully saturated rings. The Labute approximate surface area is 152 Å². The summed E-state index contributed by atoms with van der Waals surface area (Å²) in [4.78, 5) is 24.7. The highest BCUT2D eigenvalue weighted by Gasteiger charge is 2.29. The third-order valence-corrected chi connectivity index (χ3v) is 5.81. The number of carbonyl (C=O) groups is 2. The molecule has 1 aliphatic rings. The molecule has 0 atom stereocenters. The van der Waals surface area contributed by atoms with Gasteiger partial charge in [-0.3, -0.25) is 15.0 Å². The molecule has 2 amide bonds. The topological polar surface area (TPSA) is 105 Å². The average Bonchev–Trinajstić information content (AvgIpc) is 2.62. The molecular weight excluding hydrogens is 362 g/mol. The van der Waals surface area contributed by atoms with Crippen molar-refractivity contribution in [2.24, 2.45) is 0 Å². The maximum absolute atomic E-state index is 12.7. The second-order valence-corrected chi connectivity index (χ2v) is 7.56. The lowest BCUT2D eigenvalue weighted by atomic mass is 10.3. The number of hydrogen-bond acceptors (Lipinski definition) is 7. The summed E-state index contributed by atoms with van der Waals surface area (Å²) < 4.78 is 36.5. The molecule has 1 aromatic rings. The Morgan fingerprint density at radius 1 is 1.12 bits per heavy atom. The van der Waals surface area contributed by atoms with Crippen LogP contribution in [0.15, 0.2) is 29.2 Å². The van der Waals surface area contributed by atoms with Gasteiger partial charge in [0.1, 0.15) is 5.75 Å². The van der Waals surface area contributed by atoms with Crippen molar-refractivity contribution in [3.8, 4) is 5.75 Å². The minimum atomic E-state index is -3.59. The highest BCUT2D eigenvalue weighted by molar-refractivity contribution is 7.89. The van der Waals surface area contributed by atoms with Crippen molar-refractivity contribution >= 4 is 22.0 Å². The van der Waals surface area contributed by atoms with E-state index in [1.165, 1.54) is 23.5 Å². The number of nitrogens with one attached hydrogen (secondary N) is 1. The molecule has 1 saturated heterocycles. The molecule has 0 bridgehead atoms. The van der Waals surface area contributed by atoms with Crippen molar-refractivity contribution in [2.45, 2.75) is 11.8 Å². The first-order valence-electron chi connectivity index (χ1n) is 8.20. The van der Waals surface area contributed by atoms with E-state index in [9.17, 15) is 18.0 Å². The molecule has 1 heterocycles. The number of amides is 2. The summed E-state index contributed by atoms with van der Waals surface area (Å²) >= 11 is 0. The first-order valence-corrected chi connectivity index (χ1v) is 9.64. The van der Waals surface area contributed by atoms with Crippen molar-refractivity contribution in [2.75, 3.05) is 46.4 Å². The zero-order valence-corrected chi connectivity index (χ0v) is 15.6. The number of piperazine rings is 1. The predicted octanol–water partition coefficient (Wildman–Crippen LogP) is 0.274. The van der Waals surface area contributed by atoms with E-state index in [2.05, 4.69) is 10.1 Å². The van der Waals surface area contributed by atoms with E-state index in [4.69, 9.17) is 4.74 Å². The molecule has 144 valence electrons. The molecule has 1 aromatic carbocycles. The summed E-state index contributed by atoms with van der Waals surface area (Å²) in [7, 11) is -2.42. The fraction of sp³-hybridized carbons (Fsp3) is 0.500. The van der Waals surface area contributed by atoms with Crippen LogP contribution in [0.2, 0.25) is 0 Å². The summed E-state index contributed by atoms with van der Waals surface area (Å²) in [5.41, 5.74) is 0. The number of nitrogens with zero attached hydrogens (tertiary/aromatic N) is 2. The smallest absolute Gasteiger partial charge is 0.413 e. The molecule has 0 saturated carbocycles. The standard InChI is InChI=1S/C16H23N3O6S/c1-3-25-13-4-6-14(7-5-13)26(22,23)19-10-8-18(9-11-19)12-15(20)17-16(21)24-2/h4-7H,3,8-12H2,1-2H3,(H,17,20,21). The number of hydrogen-bond donors (Lipinski definition) is 1. The zero-order chi connectivity index (χ0) is 19.2. The Hall–Kier alpha value is -2.17. The van der Waals surface area contributed by atoms with Crippen LogP contribution in [0.25, 0.3) is 0 Å². The molecule has 0 radical (unpaired) electrons. The Morgan fingerprint density at radius 2 is 1.73 bits per heavy atom. The first kappa shape index (κ1) is 20.1. The van der Waals surface area contributed by atoms with Crippen LogP contribution in [0.3, 0.4) is 0 Å². The number of benzene rings is 1. The summed E-state index contributed by atoms with van der Waals surface area (Å²) in [5.74, 6) is 0.132. The van der Waals surface area contributed by atoms with Crippen molar-refractivity contribution in [1.29, 1.82) is 0 Å². The molecule has 0 spiro atoms. The largest absolute Gasteiger partial charge is 0.494 e. The van der Waals surface area contributed by atoms with Gasteiger partial charge in [0.2, 0.25) is 15.9 Å². The van der Waals surface area contributed by atoms with Crippen LogP contribution in [0.4, 0.5) is 4.79 Å². The van der Waals surface area contributed by atoms with Gasteiger partial charge in [-0.15, -0.1) is 0 Å². The predicted molar refractivity (Wildman–Crippen MR) is 93.4 cm³/mol. The Kier molecular flexibility index (Phi) is 6.95. The number of imide groups is 1. The fourth-order valence-electron chi connectivity index (χ4n) is 2.56. The van der Waals surface area contributed by atoms with Gasteiger partial charge in [0, 0.05) is 26.2 Å². The Balaban J connectivity index is 1.91. The quantitative estimate of drug-likeness (QED) is 0.749. The minimum absolute atomic E-state index is 0.00599. The van der Waals surface area contributed by atoms with Crippen molar-refractivity contribution < 1.29 is 27.5 Å². The minimum Gasteiger partial charge on any atom is -0.494 e. The summed E-state index contributed by atoms with van der Waals surface area (Å²) in [6.45, 7) is 3.69. The summed E-state index contributed by atoms with van der Waals surface area (Å²) in [6.07, 6.45) is -0.813. The summed E-state index contributed by atoms with van der Waals surface area (Å²) in [6, 6.07) is 6.31. The van der Waals surface area contributed by atoms with Gasteiger partial charge in [0.25, 0.3) is 0 Å². The third kappa shape index (κ3) is 5.16. The van der Waals surface area contributed by atoms with Gasteiger partial charge in [-0.25, -0.2) is 13.2 Å². The van der Waals surface area contributed by atoms with Crippen molar-refractivity contribution in [1.82, 2.24) is 14.5 Å². The van der Waals surface area contributed by atoms with Crippen LogP contribution in [-0.2, 0) is 19.6 Å². The molecular formula is C16H23N3O6S. The lowest BCUT2D eigenvalue weighted by Gasteiger charge is -2.33. The van der Waals surface area contributed by atoms with Gasteiger partial charge in [0.05, 0.1) is 25.2 Å². The van der Waals surface area contributed by atoms with Gasteiger partial charge in [-0.2, -0.15) is 4.31 Å². The SMILES string of the molecule is CCOc1ccc(S(=O)(=O)N2CCN(CC(=O)NC(=O)OC)CC2)cc1. The Morgan fingerprint density at radius 3 is 2.27 bits per heavy atom. The number of ether oxygens (including phenoxy) is 2. The fourth-order valence-corrected chi connectivity index (χ4v) is 3.98. The lowest BCUT2D eigenvalue weighted by Crippen LogP contribution is -2.51. The number of sulfonamides is 1. The van der Waals surface area contributed by atoms with E-state index in [0.717, 1.165) is 0 Å². The second kappa shape index (κ2) is 8.97. The normalized spacial score (nSPS) is 16.1. The molecule has 9 nitrogen and oxygen atoms in total. The van der Waals surface area contributed by atoms with Crippen molar-refractivity contribution in [3.05, 3.63) is 24.3 Å². The molecule has 0 unspecified atom stereocenters. The lowest BCUT2D eigenvalue weighted by molar-refractivity contribution is -0.121. The second-order valence-electron chi connectivity index (χ2n) is 5.62. The number of rotatable bonds is 6. The van der Waals surface area contributed by atoms with Gasteiger partial charge < -0.3 is 9.47 Å². The monoisotopic (exact) mass is 385 g/mol. The average molecular weight is 385 g/mol. The van der Waals surface area contributed by atoms with Gasteiger partial charge in [-0.1, -0.05) is 0 Å². The molecule has 2 rings (SSSR count). The van der Waals surface area contributed by atoms with E-state index in [-0.39, 0.29) is 24.5 Å². The maximum Gasteiger partial charge on any atom is 0.413 e. The summed E-state index contributed by atoms with van der Waals surface area (Å²) in [5, 5.41) is 2.07. The zero-order valence-electron chi connectivity index (χ0n) is 14.8. The van der Waals surface area contributed by atoms with E-state index < -0.39 is 22.0 Å². The van der Waals surface area contributed by atoms with Crippen LogP contribution in [0.1, 0.15) is 6.92 Å². The van der Waals surface area contributed by atoms with E-state index in [1.807, 2.05) is 6.92 Å². The molecule has 10 heteroatoms. The van der Waals surface area contributed by atoms with Crippen LogP contribution in [0.5, 0.6) is 5.75 Å². The van der Waals surface area contributed by atoms with Gasteiger partial charge >= 0.3 is 6.09 Å². The first-order chi connectivity index (χ1) is 12.4. The molecule has 1 aliphatic heterocycles. The van der Waals surface area contributed by atoms with Gasteiger partial charge in [-0.05, 0) is 31.2 Å².